The number of carbonyl (C=O) groups excluding carboxylic acids is 2. The summed E-state index contributed by atoms with van der Waals surface area (Å²) in [6.07, 6.45) is 4.39. The van der Waals surface area contributed by atoms with Gasteiger partial charge in [0.15, 0.2) is 0 Å². The molecule has 0 amide bonds. The molecule has 0 aromatic carbocycles. The van der Waals surface area contributed by atoms with Gasteiger partial charge in [-0.2, -0.15) is 0 Å². The van der Waals surface area contributed by atoms with Crippen LogP contribution in [0.5, 0.6) is 0 Å². The molecule has 6 atom stereocenters. The molecular formula is C22H32O6. The first-order valence-electron chi connectivity index (χ1n) is 10.2. The van der Waals surface area contributed by atoms with Crippen molar-refractivity contribution in [1.82, 2.24) is 0 Å². The van der Waals surface area contributed by atoms with Crippen molar-refractivity contribution >= 4 is 11.9 Å². The number of ether oxygens (including phenoxy) is 3. The Morgan fingerprint density at radius 3 is 2.68 bits per heavy atom. The summed E-state index contributed by atoms with van der Waals surface area (Å²) in [5.74, 6) is -0.940. The van der Waals surface area contributed by atoms with E-state index in [4.69, 9.17) is 14.2 Å². The zero-order valence-electron chi connectivity index (χ0n) is 17.3. The highest BCUT2D eigenvalue weighted by Crippen LogP contribution is 2.47. The minimum Gasteiger partial charge on any atom is -0.458 e. The predicted octanol–water partition coefficient (Wildman–Crippen LogP) is 3.22. The lowest BCUT2D eigenvalue weighted by Crippen LogP contribution is -2.47. The molecule has 0 radical (unpaired) electrons. The summed E-state index contributed by atoms with van der Waals surface area (Å²) in [5, 5.41) is 10.7. The number of esters is 2. The van der Waals surface area contributed by atoms with Crippen molar-refractivity contribution in [3.63, 3.8) is 0 Å². The fourth-order valence-electron chi connectivity index (χ4n) is 4.42. The second-order valence-corrected chi connectivity index (χ2v) is 8.95. The molecule has 2 bridgehead atoms. The van der Waals surface area contributed by atoms with E-state index in [0.717, 1.165) is 24.8 Å². The first-order chi connectivity index (χ1) is 13.0. The van der Waals surface area contributed by atoms with Crippen LogP contribution in [0.3, 0.4) is 0 Å². The zero-order valence-corrected chi connectivity index (χ0v) is 17.3. The van der Waals surface area contributed by atoms with E-state index in [1.54, 1.807) is 6.92 Å². The number of allylic oxidation sites excluding steroid dienone is 1. The van der Waals surface area contributed by atoms with Gasteiger partial charge in [0, 0.05) is 18.9 Å². The molecule has 2 saturated heterocycles. The first kappa shape index (κ1) is 21.1. The number of aliphatic hydroxyl groups excluding tert-OH is 1. The molecule has 3 aliphatic rings. The molecule has 6 nitrogen and oxygen atoms in total. The molecule has 0 saturated carbocycles. The number of rotatable bonds is 1. The van der Waals surface area contributed by atoms with Crippen molar-refractivity contribution in [3.8, 4) is 0 Å². The van der Waals surface area contributed by atoms with E-state index in [1.165, 1.54) is 6.92 Å². The Labute approximate surface area is 166 Å². The molecule has 1 aliphatic carbocycles. The van der Waals surface area contributed by atoms with Gasteiger partial charge >= 0.3 is 11.9 Å². The topological polar surface area (TPSA) is 85.4 Å². The molecule has 0 spiro atoms. The number of aliphatic hydroxyl groups is 1. The van der Waals surface area contributed by atoms with Gasteiger partial charge in [-0.25, -0.2) is 4.79 Å². The monoisotopic (exact) mass is 392 g/mol. The maximum Gasteiger partial charge on any atom is 0.334 e. The van der Waals surface area contributed by atoms with Crippen LogP contribution >= 0.6 is 0 Å². The smallest absolute Gasteiger partial charge is 0.334 e. The van der Waals surface area contributed by atoms with E-state index in [9.17, 15) is 14.7 Å². The van der Waals surface area contributed by atoms with Crippen LogP contribution in [-0.4, -0.2) is 46.6 Å². The fourth-order valence-corrected chi connectivity index (χ4v) is 4.42. The van der Waals surface area contributed by atoms with Crippen molar-refractivity contribution in [1.29, 1.82) is 0 Å². The van der Waals surface area contributed by atoms with Crippen molar-refractivity contribution in [2.45, 2.75) is 95.7 Å². The summed E-state index contributed by atoms with van der Waals surface area (Å²) in [7, 11) is 0. The molecule has 2 heterocycles. The van der Waals surface area contributed by atoms with Gasteiger partial charge in [0.2, 0.25) is 0 Å². The normalized spacial score (nSPS) is 43.7. The van der Waals surface area contributed by atoms with E-state index >= 15 is 0 Å². The Morgan fingerprint density at radius 2 is 2.00 bits per heavy atom. The van der Waals surface area contributed by atoms with Gasteiger partial charge in [0.05, 0.1) is 17.8 Å². The predicted molar refractivity (Wildman–Crippen MR) is 103 cm³/mol. The fraction of sp³-hybridized carbons (Fsp3) is 0.727. The molecule has 28 heavy (non-hydrogen) atoms. The van der Waals surface area contributed by atoms with Gasteiger partial charge in [0.1, 0.15) is 11.7 Å². The van der Waals surface area contributed by atoms with Crippen molar-refractivity contribution in [2.75, 3.05) is 0 Å². The highest BCUT2D eigenvalue weighted by Gasteiger charge is 2.53. The molecule has 2 fully saturated rings. The third kappa shape index (κ3) is 4.33. The Balaban J connectivity index is 1.94. The Hall–Kier alpha value is -1.66. The van der Waals surface area contributed by atoms with Crippen LogP contribution in [0.2, 0.25) is 0 Å². The summed E-state index contributed by atoms with van der Waals surface area (Å²) >= 11 is 0. The van der Waals surface area contributed by atoms with Crippen molar-refractivity contribution < 1.29 is 28.9 Å². The summed E-state index contributed by atoms with van der Waals surface area (Å²) in [5.41, 5.74) is 0.0690. The maximum atomic E-state index is 12.7. The maximum absolute atomic E-state index is 12.7. The van der Waals surface area contributed by atoms with Crippen LogP contribution in [0.25, 0.3) is 0 Å². The van der Waals surface area contributed by atoms with Crippen LogP contribution in [0, 0.1) is 5.92 Å². The molecule has 0 aromatic heterocycles. The Morgan fingerprint density at radius 1 is 1.29 bits per heavy atom. The van der Waals surface area contributed by atoms with Gasteiger partial charge in [0.25, 0.3) is 0 Å². The highest BCUT2D eigenvalue weighted by atomic mass is 16.6. The Bertz CT molecular complexity index is 697. The van der Waals surface area contributed by atoms with E-state index in [2.05, 4.69) is 13.5 Å². The standard InChI is InChI=1S/C22H32O6/c1-13-7-6-9-21(4)19(27-21)11-16-8-10-22(5,28-20(25)14(16)2)18(12-17(13)24)26-15(3)23/h7,16-19,24H,2,6,8-12H2,1,3-5H3/b13-7+/t16-,17+,18+,19-,21-,22-/m0/s1. The third-order valence-electron chi connectivity index (χ3n) is 6.66. The van der Waals surface area contributed by atoms with Crippen LogP contribution in [0.15, 0.2) is 23.8 Å². The number of hydrogen-bond donors (Lipinski definition) is 1. The van der Waals surface area contributed by atoms with Gasteiger partial charge < -0.3 is 19.3 Å². The summed E-state index contributed by atoms with van der Waals surface area (Å²) < 4.78 is 17.3. The zero-order chi connectivity index (χ0) is 20.7. The largest absolute Gasteiger partial charge is 0.458 e. The molecule has 2 aliphatic heterocycles. The summed E-state index contributed by atoms with van der Waals surface area (Å²) in [4.78, 5) is 24.4. The van der Waals surface area contributed by atoms with Crippen molar-refractivity contribution in [2.24, 2.45) is 5.92 Å². The lowest BCUT2D eigenvalue weighted by atomic mass is 9.82. The van der Waals surface area contributed by atoms with Crippen LogP contribution in [-0.2, 0) is 23.8 Å². The molecule has 3 rings (SSSR count). The molecule has 0 aromatic rings. The minimum absolute atomic E-state index is 0.0238. The average molecular weight is 392 g/mol. The number of hydrogen-bond acceptors (Lipinski definition) is 6. The second kappa shape index (κ2) is 7.64. The quantitative estimate of drug-likeness (QED) is 0.319. The first-order valence-corrected chi connectivity index (χ1v) is 10.2. The van der Waals surface area contributed by atoms with E-state index in [-0.39, 0.29) is 24.0 Å². The van der Waals surface area contributed by atoms with Gasteiger partial charge in [-0.1, -0.05) is 12.7 Å². The third-order valence-corrected chi connectivity index (χ3v) is 6.66. The van der Waals surface area contributed by atoms with Crippen LogP contribution in [0.4, 0.5) is 0 Å². The molecule has 6 heteroatoms. The lowest BCUT2D eigenvalue weighted by Gasteiger charge is -2.36. The molecule has 1 N–H and O–H groups in total. The minimum atomic E-state index is -1.01. The van der Waals surface area contributed by atoms with Crippen LogP contribution in [0.1, 0.15) is 66.2 Å². The molecule has 156 valence electrons. The van der Waals surface area contributed by atoms with Gasteiger partial charge in [-0.15, -0.1) is 0 Å². The van der Waals surface area contributed by atoms with E-state index in [1.807, 2.05) is 13.0 Å². The molecular weight excluding hydrogens is 360 g/mol. The Kier molecular flexibility index (Phi) is 5.74. The second-order valence-electron chi connectivity index (χ2n) is 8.95. The van der Waals surface area contributed by atoms with Gasteiger partial charge in [-0.3, -0.25) is 4.79 Å². The van der Waals surface area contributed by atoms with E-state index < -0.39 is 29.7 Å². The number of carbonyl (C=O) groups is 2. The molecule has 0 unspecified atom stereocenters. The highest BCUT2D eigenvalue weighted by molar-refractivity contribution is 5.89. The number of epoxide rings is 1. The average Bonchev–Trinajstić information content (AvgIpc) is 3.26. The summed E-state index contributed by atoms with van der Waals surface area (Å²) in [6, 6.07) is 0. The van der Waals surface area contributed by atoms with E-state index in [0.29, 0.717) is 18.4 Å². The van der Waals surface area contributed by atoms with Crippen molar-refractivity contribution in [3.05, 3.63) is 23.8 Å². The van der Waals surface area contributed by atoms with Crippen LogP contribution < -0.4 is 0 Å². The van der Waals surface area contributed by atoms with Gasteiger partial charge in [-0.05, 0) is 64.4 Å². The SMILES string of the molecule is C=C1C(=O)O[C@@]2(C)CC[C@H]1C[C@@H]1O[C@@]1(C)CC/C=C(\C)[C@H](O)C[C@H]2OC(C)=O. The summed E-state index contributed by atoms with van der Waals surface area (Å²) in [6.45, 7) is 11.1. The lowest BCUT2D eigenvalue weighted by molar-refractivity contribution is -0.182. The number of fused-ring (bicyclic) bond motifs is 4.